The molecule has 0 aromatic carbocycles. The molecule has 2 aliphatic heterocycles. The van der Waals surface area contributed by atoms with E-state index in [-0.39, 0.29) is 18.0 Å². The third-order valence-corrected chi connectivity index (χ3v) is 6.14. The van der Waals surface area contributed by atoms with Crippen LogP contribution < -0.4 is 10.0 Å². The second-order valence-corrected chi connectivity index (χ2v) is 7.74. The van der Waals surface area contributed by atoms with E-state index in [4.69, 9.17) is 4.42 Å². The average Bonchev–Trinajstić information content (AvgIpc) is 3.17. The molecule has 23 heavy (non-hydrogen) atoms. The molecule has 2 aliphatic rings. The lowest BCUT2D eigenvalue weighted by Crippen LogP contribution is -2.51. The molecule has 1 aromatic rings. The Morgan fingerprint density at radius 2 is 2.22 bits per heavy atom. The van der Waals surface area contributed by atoms with Crippen LogP contribution in [0.25, 0.3) is 0 Å². The molecule has 8 heteroatoms. The van der Waals surface area contributed by atoms with Crippen molar-refractivity contribution in [2.24, 2.45) is 0 Å². The summed E-state index contributed by atoms with van der Waals surface area (Å²) in [6.07, 6.45) is 3.26. The second kappa shape index (κ2) is 6.62. The van der Waals surface area contributed by atoms with Crippen molar-refractivity contribution in [3.8, 4) is 0 Å². The molecule has 0 saturated carbocycles. The second-order valence-electron chi connectivity index (χ2n) is 6.09. The summed E-state index contributed by atoms with van der Waals surface area (Å²) >= 11 is 0. The van der Waals surface area contributed by atoms with Gasteiger partial charge in [0.05, 0.1) is 6.04 Å². The molecule has 2 atom stereocenters. The van der Waals surface area contributed by atoms with Gasteiger partial charge in [0.15, 0.2) is 0 Å². The Morgan fingerprint density at radius 1 is 1.39 bits per heavy atom. The quantitative estimate of drug-likeness (QED) is 0.839. The fourth-order valence-corrected chi connectivity index (χ4v) is 4.86. The highest BCUT2D eigenvalue weighted by atomic mass is 32.2. The monoisotopic (exact) mass is 341 g/mol. The number of aryl methyl sites for hydroxylation is 1. The zero-order valence-corrected chi connectivity index (χ0v) is 14.1. The molecule has 0 unspecified atom stereocenters. The smallest absolute Gasteiger partial charge is 0.280 e. The number of nitrogens with zero attached hydrogens (tertiary/aromatic N) is 1. The van der Waals surface area contributed by atoms with Crippen molar-refractivity contribution in [2.45, 2.75) is 51.1 Å². The highest BCUT2D eigenvalue weighted by Gasteiger charge is 2.38. The summed E-state index contributed by atoms with van der Waals surface area (Å²) in [4.78, 5) is 11.2. The van der Waals surface area contributed by atoms with Gasteiger partial charge in [-0.25, -0.2) is 0 Å². The van der Waals surface area contributed by atoms with Crippen LogP contribution >= 0.6 is 0 Å². The van der Waals surface area contributed by atoms with Crippen molar-refractivity contribution in [1.82, 2.24) is 14.3 Å². The fraction of sp³-hybridized carbons (Fsp3) is 0.667. The Morgan fingerprint density at radius 3 is 2.87 bits per heavy atom. The Kier molecular flexibility index (Phi) is 4.74. The molecular formula is C15H23N3O4S. The first kappa shape index (κ1) is 16.5. The molecule has 7 nitrogen and oxygen atoms in total. The molecule has 1 aromatic heterocycles. The molecule has 3 rings (SSSR count). The normalized spacial score (nSPS) is 26.4. The van der Waals surface area contributed by atoms with Crippen LogP contribution in [-0.2, 0) is 21.4 Å². The Hall–Kier alpha value is -1.38. The predicted molar refractivity (Wildman–Crippen MR) is 84.9 cm³/mol. The van der Waals surface area contributed by atoms with E-state index in [0.717, 1.165) is 25.0 Å². The van der Waals surface area contributed by atoms with Gasteiger partial charge in [-0.15, -0.1) is 0 Å². The van der Waals surface area contributed by atoms with Crippen LogP contribution in [0, 0.1) is 0 Å². The van der Waals surface area contributed by atoms with E-state index >= 15 is 0 Å². The van der Waals surface area contributed by atoms with Crippen molar-refractivity contribution >= 4 is 16.1 Å². The summed E-state index contributed by atoms with van der Waals surface area (Å²) in [7, 11) is -3.60. The van der Waals surface area contributed by atoms with Crippen LogP contribution in [0.4, 0.5) is 0 Å². The van der Waals surface area contributed by atoms with Gasteiger partial charge in [0, 0.05) is 32.0 Å². The first-order valence-corrected chi connectivity index (χ1v) is 9.58. The van der Waals surface area contributed by atoms with E-state index in [9.17, 15) is 13.2 Å². The molecule has 128 valence electrons. The highest BCUT2D eigenvalue weighted by molar-refractivity contribution is 7.87. The van der Waals surface area contributed by atoms with Gasteiger partial charge >= 0.3 is 0 Å². The van der Waals surface area contributed by atoms with E-state index in [1.165, 1.54) is 4.31 Å². The fourth-order valence-electron chi connectivity index (χ4n) is 3.19. The lowest BCUT2D eigenvalue weighted by Gasteiger charge is -2.28. The summed E-state index contributed by atoms with van der Waals surface area (Å²) in [6, 6.07) is 3.29. The summed E-state index contributed by atoms with van der Waals surface area (Å²) in [6.45, 7) is 2.84. The standard InChI is InChI=1S/C15H23N3O4S/c1-2-12-6-7-14(22-12)13-4-3-9-18(13)23(20,21)17-11-5-8-15(19)16-10-11/h6-7,11,13,17H,2-5,8-10H2,1H3,(H,16,19)/t11-,13-/m1/s1. The van der Waals surface area contributed by atoms with Gasteiger partial charge in [-0.2, -0.15) is 17.4 Å². The van der Waals surface area contributed by atoms with E-state index in [0.29, 0.717) is 31.7 Å². The van der Waals surface area contributed by atoms with Gasteiger partial charge in [-0.1, -0.05) is 6.92 Å². The summed E-state index contributed by atoms with van der Waals surface area (Å²) in [5, 5.41) is 2.70. The Bertz CT molecular complexity index is 660. The van der Waals surface area contributed by atoms with E-state index < -0.39 is 10.2 Å². The zero-order valence-electron chi connectivity index (χ0n) is 13.2. The van der Waals surface area contributed by atoms with E-state index in [2.05, 4.69) is 10.0 Å². The van der Waals surface area contributed by atoms with Crippen molar-refractivity contribution < 1.29 is 17.6 Å². The lowest BCUT2D eigenvalue weighted by atomic mass is 10.1. The Balaban J connectivity index is 1.71. The van der Waals surface area contributed by atoms with Crippen molar-refractivity contribution in [2.75, 3.05) is 13.1 Å². The number of carbonyl (C=O) groups is 1. The third kappa shape index (κ3) is 3.59. The van der Waals surface area contributed by atoms with E-state index in [1.807, 2.05) is 19.1 Å². The zero-order chi connectivity index (χ0) is 16.4. The maximum absolute atomic E-state index is 12.7. The number of hydrogen-bond donors (Lipinski definition) is 2. The maximum Gasteiger partial charge on any atom is 0.280 e. The maximum atomic E-state index is 12.7. The topological polar surface area (TPSA) is 91.7 Å². The van der Waals surface area contributed by atoms with Crippen LogP contribution in [0.1, 0.15) is 50.2 Å². The molecule has 3 heterocycles. The van der Waals surface area contributed by atoms with Gasteiger partial charge in [-0.05, 0) is 31.4 Å². The molecular weight excluding hydrogens is 318 g/mol. The van der Waals surface area contributed by atoms with Crippen LogP contribution in [0.3, 0.4) is 0 Å². The number of amides is 1. The Labute approximate surface area is 136 Å². The number of carbonyl (C=O) groups excluding carboxylic acids is 1. The summed E-state index contributed by atoms with van der Waals surface area (Å²) < 4.78 is 35.4. The molecule has 2 saturated heterocycles. The molecule has 1 amide bonds. The van der Waals surface area contributed by atoms with Crippen molar-refractivity contribution in [3.63, 3.8) is 0 Å². The van der Waals surface area contributed by atoms with Crippen molar-refractivity contribution in [1.29, 1.82) is 0 Å². The molecule has 0 bridgehead atoms. The number of furan rings is 1. The molecule has 2 fully saturated rings. The average molecular weight is 341 g/mol. The van der Waals surface area contributed by atoms with E-state index in [1.54, 1.807) is 0 Å². The van der Waals surface area contributed by atoms with Gasteiger partial charge in [0.25, 0.3) is 10.2 Å². The number of rotatable bonds is 5. The summed E-state index contributed by atoms with van der Waals surface area (Å²) in [5.74, 6) is 1.55. The minimum Gasteiger partial charge on any atom is -0.464 e. The minimum atomic E-state index is -3.60. The molecule has 2 N–H and O–H groups in total. The van der Waals surface area contributed by atoms with Crippen molar-refractivity contribution in [3.05, 3.63) is 23.7 Å². The van der Waals surface area contributed by atoms with Gasteiger partial charge in [0.2, 0.25) is 5.91 Å². The van der Waals surface area contributed by atoms with Gasteiger partial charge in [0.1, 0.15) is 11.5 Å². The minimum absolute atomic E-state index is 0.0258. The van der Waals surface area contributed by atoms with Crippen LogP contribution in [0.2, 0.25) is 0 Å². The van der Waals surface area contributed by atoms with Gasteiger partial charge in [-0.3, -0.25) is 4.79 Å². The SMILES string of the molecule is CCc1ccc([C@H]2CCCN2S(=O)(=O)N[C@@H]2CCC(=O)NC2)o1. The van der Waals surface area contributed by atoms with Crippen LogP contribution in [0.15, 0.2) is 16.5 Å². The van der Waals surface area contributed by atoms with Gasteiger partial charge < -0.3 is 9.73 Å². The predicted octanol–water partition coefficient (Wildman–Crippen LogP) is 1.09. The van der Waals surface area contributed by atoms with Crippen LogP contribution in [-0.4, -0.2) is 37.8 Å². The molecule has 0 radical (unpaired) electrons. The number of piperidine rings is 1. The largest absolute Gasteiger partial charge is 0.464 e. The lowest BCUT2D eigenvalue weighted by molar-refractivity contribution is -0.122. The third-order valence-electron chi connectivity index (χ3n) is 4.45. The van der Waals surface area contributed by atoms with Crippen LogP contribution in [0.5, 0.6) is 0 Å². The molecule has 0 aliphatic carbocycles. The highest BCUT2D eigenvalue weighted by Crippen LogP contribution is 2.35. The number of nitrogens with one attached hydrogen (secondary N) is 2. The number of hydrogen-bond acceptors (Lipinski definition) is 4. The first-order chi connectivity index (χ1) is 11.0. The first-order valence-electron chi connectivity index (χ1n) is 8.14. The molecule has 0 spiro atoms. The summed E-state index contributed by atoms with van der Waals surface area (Å²) in [5.41, 5.74) is 0.